The van der Waals surface area contributed by atoms with E-state index in [-0.39, 0.29) is 0 Å². The first-order valence-electron chi connectivity index (χ1n) is 5.16. The smallest absolute Gasteiger partial charge is 0.0539 e. The zero-order chi connectivity index (χ0) is 11.5. The molecule has 0 aliphatic carbocycles. The first-order chi connectivity index (χ1) is 7.68. The van der Waals surface area contributed by atoms with E-state index in [1.165, 1.54) is 11.1 Å². The summed E-state index contributed by atoms with van der Waals surface area (Å²) >= 11 is 3.58. The molecule has 0 atom stereocenters. The average Bonchev–Trinajstić information content (AvgIpc) is 2.67. The Labute approximate surface area is 103 Å². The van der Waals surface area contributed by atoms with Crippen molar-refractivity contribution in [3.63, 3.8) is 0 Å². The number of nitrogens with one attached hydrogen (secondary N) is 2. The van der Waals surface area contributed by atoms with Gasteiger partial charge in [0, 0.05) is 28.0 Å². The van der Waals surface area contributed by atoms with Gasteiger partial charge in [0.15, 0.2) is 0 Å². The molecule has 0 bridgehead atoms. The van der Waals surface area contributed by atoms with Crippen molar-refractivity contribution >= 4 is 21.6 Å². The Kier molecular flexibility index (Phi) is 3.29. The monoisotopic (exact) mass is 279 g/mol. The number of hydrogen-bond acceptors (Lipinski definition) is 2. The van der Waals surface area contributed by atoms with E-state index in [4.69, 9.17) is 0 Å². The van der Waals surface area contributed by atoms with Crippen LogP contribution < -0.4 is 5.32 Å². The fourth-order valence-corrected chi connectivity index (χ4v) is 1.93. The number of nitrogens with zero attached hydrogens (tertiary/aromatic N) is 1. The van der Waals surface area contributed by atoms with Crippen molar-refractivity contribution in [3.8, 4) is 0 Å². The highest BCUT2D eigenvalue weighted by molar-refractivity contribution is 9.10. The molecular weight excluding hydrogens is 266 g/mol. The van der Waals surface area contributed by atoms with E-state index in [2.05, 4.69) is 50.5 Å². The Morgan fingerprint density at radius 1 is 1.38 bits per heavy atom. The first-order valence-corrected chi connectivity index (χ1v) is 5.95. The molecule has 0 aliphatic rings. The van der Waals surface area contributed by atoms with Crippen LogP contribution in [0.3, 0.4) is 0 Å². The van der Waals surface area contributed by atoms with Crippen molar-refractivity contribution < 1.29 is 0 Å². The molecule has 0 saturated heterocycles. The molecule has 1 heterocycles. The Balaban J connectivity index is 2.11. The van der Waals surface area contributed by atoms with Crippen molar-refractivity contribution in [2.45, 2.75) is 20.4 Å². The summed E-state index contributed by atoms with van der Waals surface area (Å²) in [6.07, 6.45) is 1.85. The molecule has 1 aromatic carbocycles. The maximum atomic E-state index is 4.00. The largest absolute Gasteiger partial charge is 0.380 e. The molecular formula is C12H14BrN3. The van der Waals surface area contributed by atoms with Crippen LogP contribution in [-0.4, -0.2) is 10.2 Å². The summed E-state index contributed by atoms with van der Waals surface area (Å²) in [6, 6.07) is 6.19. The van der Waals surface area contributed by atoms with E-state index in [1.807, 2.05) is 19.2 Å². The molecule has 2 rings (SSSR count). The third kappa shape index (κ3) is 2.27. The molecule has 0 aliphatic heterocycles. The summed E-state index contributed by atoms with van der Waals surface area (Å²) < 4.78 is 1.12. The Bertz CT molecular complexity index is 491. The number of halogens is 1. The molecule has 0 spiro atoms. The number of H-pyrrole nitrogens is 1. The van der Waals surface area contributed by atoms with Gasteiger partial charge in [-0.15, -0.1) is 0 Å². The van der Waals surface area contributed by atoms with E-state index in [0.717, 1.165) is 22.4 Å². The Morgan fingerprint density at radius 3 is 2.88 bits per heavy atom. The van der Waals surface area contributed by atoms with Gasteiger partial charge in [0.25, 0.3) is 0 Å². The Hall–Kier alpha value is -1.29. The number of benzene rings is 1. The fraction of sp³-hybridized carbons (Fsp3) is 0.250. The molecule has 2 aromatic rings. The third-order valence-electron chi connectivity index (χ3n) is 2.60. The standard InChI is InChI=1S/C12H14BrN3/c1-8-4-3-5-11(12(8)13)14-6-10-7-15-16-9(10)2/h3-5,7,14H,6H2,1-2H3,(H,15,16). The fourth-order valence-electron chi connectivity index (χ4n) is 1.53. The van der Waals surface area contributed by atoms with Crippen LogP contribution in [0.4, 0.5) is 5.69 Å². The number of rotatable bonds is 3. The second-order valence-electron chi connectivity index (χ2n) is 3.81. The second-order valence-corrected chi connectivity index (χ2v) is 4.60. The summed E-state index contributed by atoms with van der Waals surface area (Å²) in [5.41, 5.74) is 4.64. The molecule has 2 N–H and O–H groups in total. The molecule has 16 heavy (non-hydrogen) atoms. The quantitative estimate of drug-likeness (QED) is 0.904. The highest BCUT2D eigenvalue weighted by Crippen LogP contribution is 2.26. The minimum Gasteiger partial charge on any atom is -0.380 e. The summed E-state index contributed by atoms with van der Waals surface area (Å²) in [5, 5.41) is 10.3. The van der Waals surface area contributed by atoms with Crippen molar-refractivity contribution in [1.82, 2.24) is 10.2 Å². The lowest BCUT2D eigenvalue weighted by Crippen LogP contribution is -2.00. The van der Waals surface area contributed by atoms with Gasteiger partial charge in [0.1, 0.15) is 0 Å². The van der Waals surface area contributed by atoms with Crippen molar-refractivity contribution in [2.24, 2.45) is 0 Å². The van der Waals surface area contributed by atoms with Crippen LogP contribution in [0.1, 0.15) is 16.8 Å². The van der Waals surface area contributed by atoms with Gasteiger partial charge in [-0.1, -0.05) is 12.1 Å². The van der Waals surface area contributed by atoms with Gasteiger partial charge >= 0.3 is 0 Å². The van der Waals surface area contributed by atoms with Crippen LogP contribution in [0.25, 0.3) is 0 Å². The summed E-state index contributed by atoms with van der Waals surface area (Å²) in [4.78, 5) is 0. The molecule has 84 valence electrons. The highest BCUT2D eigenvalue weighted by Gasteiger charge is 2.03. The molecule has 0 radical (unpaired) electrons. The van der Waals surface area contributed by atoms with E-state index in [1.54, 1.807) is 0 Å². The third-order valence-corrected chi connectivity index (χ3v) is 3.65. The van der Waals surface area contributed by atoms with E-state index in [0.29, 0.717) is 0 Å². The van der Waals surface area contributed by atoms with Gasteiger partial charge in [-0.3, -0.25) is 5.10 Å². The van der Waals surface area contributed by atoms with E-state index >= 15 is 0 Å². The molecule has 0 unspecified atom stereocenters. The van der Waals surface area contributed by atoms with Gasteiger partial charge < -0.3 is 5.32 Å². The highest BCUT2D eigenvalue weighted by atomic mass is 79.9. The molecule has 0 fully saturated rings. The number of anilines is 1. The van der Waals surface area contributed by atoms with Gasteiger partial charge in [-0.2, -0.15) is 5.10 Å². The maximum Gasteiger partial charge on any atom is 0.0539 e. The molecule has 0 amide bonds. The lowest BCUT2D eigenvalue weighted by atomic mass is 10.2. The SMILES string of the molecule is Cc1cccc(NCc2cn[nH]c2C)c1Br. The first kappa shape index (κ1) is 11.2. The lowest BCUT2D eigenvalue weighted by molar-refractivity contribution is 1.04. The second kappa shape index (κ2) is 4.70. The topological polar surface area (TPSA) is 40.7 Å². The number of aromatic amines is 1. The van der Waals surface area contributed by atoms with Crippen molar-refractivity contribution in [1.29, 1.82) is 0 Å². The predicted octanol–water partition coefficient (Wildman–Crippen LogP) is 3.40. The molecule has 3 nitrogen and oxygen atoms in total. The maximum absolute atomic E-state index is 4.00. The summed E-state index contributed by atoms with van der Waals surface area (Å²) in [5.74, 6) is 0. The zero-order valence-electron chi connectivity index (χ0n) is 9.34. The lowest BCUT2D eigenvalue weighted by Gasteiger charge is -2.09. The van der Waals surface area contributed by atoms with Gasteiger partial charge in [0.05, 0.1) is 6.20 Å². The summed E-state index contributed by atoms with van der Waals surface area (Å²) in [7, 11) is 0. The average molecular weight is 280 g/mol. The number of hydrogen-bond donors (Lipinski definition) is 2. The summed E-state index contributed by atoms with van der Waals surface area (Å²) in [6.45, 7) is 4.89. The minimum absolute atomic E-state index is 0.782. The van der Waals surface area contributed by atoms with Gasteiger partial charge in [0.2, 0.25) is 0 Å². The number of aryl methyl sites for hydroxylation is 2. The predicted molar refractivity (Wildman–Crippen MR) is 69.5 cm³/mol. The van der Waals surface area contributed by atoms with Crippen LogP contribution in [0.15, 0.2) is 28.9 Å². The van der Waals surface area contributed by atoms with Gasteiger partial charge in [-0.25, -0.2) is 0 Å². The van der Waals surface area contributed by atoms with Crippen LogP contribution in [0, 0.1) is 13.8 Å². The van der Waals surface area contributed by atoms with Crippen molar-refractivity contribution in [2.75, 3.05) is 5.32 Å². The van der Waals surface area contributed by atoms with E-state index in [9.17, 15) is 0 Å². The van der Waals surface area contributed by atoms with Crippen molar-refractivity contribution in [3.05, 3.63) is 45.7 Å². The normalized spacial score (nSPS) is 10.4. The van der Waals surface area contributed by atoms with Crippen LogP contribution in [0.5, 0.6) is 0 Å². The molecule has 1 aromatic heterocycles. The van der Waals surface area contributed by atoms with E-state index < -0.39 is 0 Å². The molecule has 0 saturated carbocycles. The van der Waals surface area contributed by atoms with Crippen LogP contribution in [-0.2, 0) is 6.54 Å². The zero-order valence-corrected chi connectivity index (χ0v) is 10.9. The van der Waals surface area contributed by atoms with Crippen LogP contribution in [0.2, 0.25) is 0 Å². The van der Waals surface area contributed by atoms with Gasteiger partial charge in [-0.05, 0) is 41.4 Å². The Morgan fingerprint density at radius 2 is 2.19 bits per heavy atom. The number of aromatic nitrogens is 2. The minimum atomic E-state index is 0.782. The van der Waals surface area contributed by atoms with Crippen LogP contribution >= 0.6 is 15.9 Å². The molecule has 4 heteroatoms.